The minimum absolute atomic E-state index is 0.860. The molecule has 0 spiro atoms. The first kappa shape index (κ1) is 11.4. The summed E-state index contributed by atoms with van der Waals surface area (Å²) in [7, 11) is 1.79. The van der Waals surface area contributed by atoms with E-state index in [-0.39, 0.29) is 0 Å². The zero-order valence-corrected chi connectivity index (χ0v) is 9.87. The smallest absolute Gasteiger partial charge is 0.0589 e. The van der Waals surface area contributed by atoms with E-state index >= 15 is 0 Å². The predicted octanol–water partition coefficient (Wildman–Crippen LogP) is 1.24. The fraction of sp³-hybridized carbons (Fsp3) is 1.00. The summed E-state index contributed by atoms with van der Waals surface area (Å²) in [6, 6.07) is 1.74. The van der Waals surface area contributed by atoms with Gasteiger partial charge in [0.05, 0.1) is 6.61 Å². The van der Waals surface area contributed by atoms with Gasteiger partial charge in [0.25, 0.3) is 0 Å². The number of nitrogens with zero attached hydrogens (tertiary/aromatic N) is 1. The summed E-state index contributed by atoms with van der Waals surface area (Å²) in [4.78, 5) is 2.60. The van der Waals surface area contributed by atoms with E-state index in [9.17, 15) is 0 Å². The van der Waals surface area contributed by atoms with Gasteiger partial charge in [-0.3, -0.25) is 4.90 Å². The Hall–Kier alpha value is -0.120. The van der Waals surface area contributed by atoms with Crippen LogP contribution in [0.4, 0.5) is 0 Å². The van der Waals surface area contributed by atoms with E-state index in [1.165, 1.54) is 45.2 Å². The largest absolute Gasteiger partial charge is 0.383 e. The van der Waals surface area contributed by atoms with Crippen LogP contribution in [0.25, 0.3) is 0 Å². The molecule has 3 nitrogen and oxygen atoms in total. The van der Waals surface area contributed by atoms with Crippen molar-refractivity contribution in [1.82, 2.24) is 10.2 Å². The summed E-state index contributed by atoms with van der Waals surface area (Å²) in [5, 5.41) is 3.57. The molecule has 2 fully saturated rings. The van der Waals surface area contributed by atoms with E-state index in [4.69, 9.17) is 4.74 Å². The van der Waals surface area contributed by atoms with Gasteiger partial charge in [0.1, 0.15) is 0 Å². The Kier molecular flexibility index (Phi) is 4.42. The van der Waals surface area contributed by atoms with Crippen LogP contribution in [0, 0.1) is 0 Å². The molecule has 2 aliphatic carbocycles. The highest BCUT2D eigenvalue weighted by Crippen LogP contribution is 2.26. The van der Waals surface area contributed by atoms with E-state index in [0.717, 1.165) is 25.2 Å². The highest BCUT2D eigenvalue weighted by atomic mass is 16.5. The minimum atomic E-state index is 0.860. The van der Waals surface area contributed by atoms with Crippen LogP contribution >= 0.6 is 0 Å². The first-order valence-corrected chi connectivity index (χ1v) is 6.36. The van der Waals surface area contributed by atoms with Gasteiger partial charge in [-0.25, -0.2) is 0 Å². The van der Waals surface area contributed by atoms with Gasteiger partial charge >= 0.3 is 0 Å². The van der Waals surface area contributed by atoms with Crippen LogP contribution < -0.4 is 5.32 Å². The van der Waals surface area contributed by atoms with Crippen LogP contribution in [0.15, 0.2) is 0 Å². The van der Waals surface area contributed by atoms with Crippen LogP contribution in [0.1, 0.15) is 32.1 Å². The summed E-state index contributed by atoms with van der Waals surface area (Å²) in [6.45, 7) is 4.44. The third-order valence-electron chi connectivity index (χ3n) is 3.28. The number of hydrogen-bond donors (Lipinski definition) is 1. The molecule has 2 saturated carbocycles. The molecule has 0 amide bonds. The minimum Gasteiger partial charge on any atom is -0.383 e. The molecule has 0 unspecified atom stereocenters. The van der Waals surface area contributed by atoms with Gasteiger partial charge in [-0.05, 0) is 45.2 Å². The van der Waals surface area contributed by atoms with E-state index in [0.29, 0.717) is 0 Å². The molecule has 2 rings (SSSR count). The number of nitrogens with one attached hydrogen (secondary N) is 1. The van der Waals surface area contributed by atoms with Crippen LogP contribution in [0.2, 0.25) is 0 Å². The number of ether oxygens (including phenoxy) is 1. The van der Waals surface area contributed by atoms with E-state index in [2.05, 4.69) is 10.2 Å². The third kappa shape index (κ3) is 4.49. The molecule has 0 bridgehead atoms. The number of methoxy groups -OCH3 is 1. The van der Waals surface area contributed by atoms with Gasteiger partial charge in [0.2, 0.25) is 0 Å². The van der Waals surface area contributed by atoms with Crippen molar-refractivity contribution in [2.45, 2.75) is 44.2 Å². The molecule has 0 aromatic heterocycles. The molecule has 0 aromatic rings. The normalized spacial score (nSPS) is 21.2. The van der Waals surface area contributed by atoms with Crippen LogP contribution in [-0.4, -0.2) is 50.3 Å². The summed E-state index contributed by atoms with van der Waals surface area (Å²) >= 11 is 0. The van der Waals surface area contributed by atoms with Crippen molar-refractivity contribution in [2.75, 3.05) is 33.4 Å². The molecular weight excluding hydrogens is 188 g/mol. The zero-order valence-electron chi connectivity index (χ0n) is 9.87. The average molecular weight is 212 g/mol. The molecule has 0 heterocycles. The maximum Gasteiger partial charge on any atom is 0.0589 e. The van der Waals surface area contributed by atoms with Gasteiger partial charge in [-0.2, -0.15) is 0 Å². The Labute approximate surface area is 93.2 Å². The van der Waals surface area contributed by atoms with Crippen molar-refractivity contribution in [3.05, 3.63) is 0 Å². The summed E-state index contributed by atoms with van der Waals surface area (Å²) < 4.78 is 5.15. The molecular formula is C12H24N2O. The standard InChI is InChI=1S/C12H24N2O/c1-15-10-9-14(12-5-6-12)8-2-7-13-11-3-4-11/h11-13H,2-10H2,1H3. The second-order valence-electron chi connectivity index (χ2n) is 4.84. The van der Waals surface area contributed by atoms with Crippen molar-refractivity contribution >= 4 is 0 Å². The summed E-state index contributed by atoms with van der Waals surface area (Å²) in [5.74, 6) is 0. The molecule has 2 aliphatic rings. The second-order valence-corrected chi connectivity index (χ2v) is 4.84. The van der Waals surface area contributed by atoms with Crippen molar-refractivity contribution in [2.24, 2.45) is 0 Å². The van der Waals surface area contributed by atoms with Gasteiger partial charge in [0.15, 0.2) is 0 Å². The Bertz CT molecular complexity index is 178. The van der Waals surface area contributed by atoms with Crippen LogP contribution in [0.3, 0.4) is 0 Å². The number of hydrogen-bond acceptors (Lipinski definition) is 3. The molecule has 88 valence electrons. The zero-order chi connectivity index (χ0) is 10.5. The van der Waals surface area contributed by atoms with E-state index in [1.54, 1.807) is 7.11 Å². The first-order valence-electron chi connectivity index (χ1n) is 6.36. The third-order valence-corrected chi connectivity index (χ3v) is 3.28. The first-order chi connectivity index (χ1) is 7.40. The maximum atomic E-state index is 5.15. The molecule has 0 radical (unpaired) electrons. The van der Waals surface area contributed by atoms with E-state index in [1.807, 2.05) is 0 Å². The molecule has 3 heteroatoms. The predicted molar refractivity (Wildman–Crippen MR) is 62.1 cm³/mol. The van der Waals surface area contributed by atoms with Crippen LogP contribution in [0.5, 0.6) is 0 Å². The molecule has 0 saturated heterocycles. The second kappa shape index (κ2) is 5.83. The Morgan fingerprint density at radius 3 is 2.60 bits per heavy atom. The lowest BCUT2D eigenvalue weighted by atomic mass is 10.3. The Morgan fingerprint density at radius 2 is 2.00 bits per heavy atom. The van der Waals surface area contributed by atoms with Gasteiger partial charge < -0.3 is 10.1 Å². The molecule has 0 atom stereocenters. The topological polar surface area (TPSA) is 24.5 Å². The summed E-state index contributed by atoms with van der Waals surface area (Å²) in [5.41, 5.74) is 0. The molecule has 0 aliphatic heterocycles. The highest BCUT2D eigenvalue weighted by molar-refractivity contribution is 4.85. The van der Waals surface area contributed by atoms with Crippen molar-refractivity contribution in [1.29, 1.82) is 0 Å². The van der Waals surface area contributed by atoms with Gasteiger partial charge in [0, 0.05) is 25.7 Å². The molecule has 15 heavy (non-hydrogen) atoms. The SMILES string of the molecule is COCCN(CCCNC1CC1)C1CC1. The molecule has 0 aromatic carbocycles. The highest BCUT2D eigenvalue weighted by Gasteiger charge is 2.28. The monoisotopic (exact) mass is 212 g/mol. The Morgan fingerprint density at radius 1 is 1.20 bits per heavy atom. The lowest BCUT2D eigenvalue weighted by molar-refractivity contribution is 0.142. The number of rotatable bonds is 9. The lowest BCUT2D eigenvalue weighted by Crippen LogP contribution is -2.32. The van der Waals surface area contributed by atoms with Crippen molar-refractivity contribution in [3.63, 3.8) is 0 Å². The van der Waals surface area contributed by atoms with Crippen molar-refractivity contribution < 1.29 is 4.74 Å². The van der Waals surface area contributed by atoms with Crippen molar-refractivity contribution in [3.8, 4) is 0 Å². The fourth-order valence-corrected chi connectivity index (χ4v) is 2.00. The Balaban J connectivity index is 1.51. The average Bonchev–Trinajstić information content (AvgIpc) is 3.09. The quantitative estimate of drug-likeness (QED) is 0.582. The van der Waals surface area contributed by atoms with Gasteiger partial charge in [-0.15, -0.1) is 0 Å². The fourth-order valence-electron chi connectivity index (χ4n) is 2.00. The summed E-state index contributed by atoms with van der Waals surface area (Å²) in [6.07, 6.45) is 6.89. The van der Waals surface area contributed by atoms with Gasteiger partial charge in [-0.1, -0.05) is 0 Å². The molecule has 1 N–H and O–H groups in total. The lowest BCUT2D eigenvalue weighted by Gasteiger charge is -2.21. The van der Waals surface area contributed by atoms with Crippen LogP contribution in [-0.2, 0) is 4.74 Å². The maximum absolute atomic E-state index is 5.15. The van der Waals surface area contributed by atoms with E-state index < -0.39 is 0 Å².